The molecular formula is C13H27NO2. The minimum absolute atomic E-state index is 0.0903. The molecule has 0 aromatic heterocycles. The SMILES string of the molecule is CCCCCCNCCCCCC(=O)OC. The van der Waals surface area contributed by atoms with Gasteiger partial charge in [-0.25, -0.2) is 0 Å². The van der Waals surface area contributed by atoms with E-state index in [1.54, 1.807) is 0 Å². The van der Waals surface area contributed by atoms with Crippen molar-refractivity contribution in [1.29, 1.82) is 0 Å². The van der Waals surface area contributed by atoms with Gasteiger partial charge in [-0.1, -0.05) is 32.6 Å². The molecule has 96 valence electrons. The Morgan fingerprint density at radius 3 is 2.19 bits per heavy atom. The molecule has 16 heavy (non-hydrogen) atoms. The summed E-state index contributed by atoms with van der Waals surface area (Å²) in [6, 6.07) is 0. The van der Waals surface area contributed by atoms with E-state index in [2.05, 4.69) is 17.0 Å². The van der Waals surface area contributed by atoms with Crippen molar-refractivity contribution in [2.75, 3.05) is 20.2 Å². The number of esters is 1. The van der Waals surface area contributed by atoms with E-state index in [1.807, 2.05) is 0 Å². The van der Waals surface area contributed by atoms with Crippen LogP contribution in [0.15, 0.2) is 0 Å². The number of unbranched alkanes of at least 4 members (excludes halogenated alkanes) is 5. The number of hydrogen-bond donors (Lipinski definition) is 1. The van der Waals surface area contributed by atoms with Crippen molar-refractivity contribution in [1.82, 2.24) is 5.32 Å². The van der Waals surface area contributed by atoms with Crippen LogP contribution in [0, 0.1) is 0 Å². The molecule has 0 fully saturated rings. The van der Waals surface area contributed by atoms with E-state index in [4.69, 9.17) is 0 Å². The molecular weight excluding hydrogens is 202 g/mol. The minimum atomic E-state index is -0.0903. The first-order valence-corrected chi connectivity index (χ1v) is 6.58. The fourth-order valence-corrected chi connectivity index (χ4v) is 1.60. The van der Waals surface area contributed by atoms with Crippen LogP contribution in [-0.4, -0.2) is 26.2 Å². The van der Waals surface area contributed by atoms with E-state index in [9.17, 15) is 4.79 Å². The van der Waals surface area contributed by atoms with Crippen molar-refractivity contribution in [3.63, 3.8) is 0 Å². The van der Waals surface area contributed by atoms with Gasteiger partial charge in [0, 0.05) is 6.42 Å². The van der Waals surface area contributed by atoms with Crippen molar-refractivity contribution in [3.05, 3.63) is 0 Å². The predicted octanol–water partition coefficient (Wildman–Crippen LogP) is 2.89. The van der Waals surface area contributed by atoms with Gasteiger partial charge in [0.05, 0.1) is 7.11 Å². The van der Waals surface area contributed by atoms with Gasteiger partial charge in [0.1, 0.15) is 0 Å². The molecule has 0 heterocycles. The topological polar surface area (TPSA) is 38.3 Å². The maximum Gasteiger partial charge on any atom is 0.305 e. The molecule has 3 nitrogen and oxygen atoms in total. The molecule has 0 rings (SSSR count). The molecule has 0 saturated carbocycles. The van der Waals surface area contributed by atoms with Gasteiger partial charge in [-0.3, -0.25) is 4.79 Å². The Bertz CT molecular complexity index is 160. The summed E-state index contributed by atoms with van der Waals surface area (Å²) in [7, 11) is 1.44. The van der Waals surface area contributed by atoms with Gasteiger partial charge in [-0.05, 0) is 32.4 Å². The highest BCUT2D eigenvalue weighted by atomic mass is 16.5. The van der Waals surface area contributed by atoms with Crippen LogP contribution in [0.5, 0.6) is 0 Å². The number of nitrogens with one attached hydrogen (secondary N) is 1. The Hall–Kier alpha value is -0.570. The molecule has 0 aromatic rings. The van der Waals surface area contributed by atoms with Crippen LogP contribution in [0.2, 0.25) is 0 Å². The number of carbonyl (C=O) groups is 1. The number of rotatable bonds is 11. The fraction of sp³-hybridized carbons (Fsp3) is 0.923. The van der Waals surface area contributed by atoms with Gasteiger partial charge in [0.2, 0.25) is 0 Å². The Labute approximate surface area is 99.9 Å². The summed E-state index contributed by atoms with van der Waals surface area (Å²) in [4.78, 5) is 10.8. The molecule has 1 N–H and O–H groups in total. The Morgan fingerprint density at radius 1 is 1.00 bits per heavy atom. The fourth-order valence-electron chi connectivity index (χ4n) is 1.60. The average molecular weight is 229 g/mol. The van der Waals surface area contributed by atoms with E-state index < -0.39 is 0 Å². The van der Waals surface area contributed by atoms with E-state index in [1.165, 1.54) is 32.8 Å². The van der Waals surface area contributed by atoms with Gasteiger partial charge in [0.25, 0.3) is 0 Å². The molecule has 0 aliphatic carbocycles. The van der Waals surface area contributed by atoms with Crippen LogP contribution in [-0.2, 0) is 9.53 Å². The van der Waals surface area contributed by atoms with Crippen LogP contribution in [0.25, 0.3) is 0 Å². The first-order chi connectivity index (χ1) is 7.81. The average Bonchev–Trinajstić information content (AvgIpc) is 2.31. The molecule has 0 unspecified atom stereocenters. The minimum Gasteiger partial charge on any atom is -0.469 e. The van der Waals surface area contributed by atoms with Gasteiger partial charge < -0.3 is 10.1 Å². The highest BCUT2D eigenvalue weighted by molar-refractivity contribution is 5.68. The zero-order valence-electron chi connectivity index (χ0n) is 10.9. The summed E-state index contributed by atoms with van der Waals surface area (Å²) in [5.74, 6) is -0.0903. The summed E-state index contributed by atoms with van der Waals surface area (Å²) in [6.45, 7) is 4.44. The number of ether oxygens (including phenoxy) is 1. The zero-order chi connectivity index (χ0) is 12.1. The Morgan fingerprint density at radius 2 is 1.62 bits per heavy atom. The van der Waals surface area contributed by atoms with Crippen LogP contribution in [0.1, 0.15) is 58.3 Å². The second-order valence-corrected chi connectivity index (χ2v) is 4.20. The third kappa shape index (κ3) is 11.5. The standard InChI is InChI=1S/C13H27NO2/c1-3-4-5-8-11-14-12-9-6-7-10-13(15)16-2/h14H,3-12H2,1-2H3. The largest absolute Gasteiger partial charge is 0.469 e. The third-order valence-corrected chi connectivity index (χ3v) is 2.67. The number of carbonyl (C=O) groups excluding carboxylic acids is 1. The Balaban J connectivity index is 2.96. The van der Waals surface area contributed by atoms with Gasteiger partial charge >= 0.3 is 5.97 Å². The second-order valence-electron chi connectivity index (χ2n) is 4.20. The highest BCUT2D eigenvalue weighted by Gasteiger charge is 1.98. The van der Waals surface area contributed by atoms with E-state index in [0.717, 1.165) is 32.4 Å². The number of hydrogen-bond acceptors (Lipinski definition) is 3. The summed E-state index contributed by atoms with van der Waals surface area (Å²) in [5, 5.41) is 3.43. The highest BCUT2D eigenvalue weighted by Crippen LogP contribution is 2.00. The number of methoxy groups -OCH3 is 1. The molecule has 0 aromatic carbocycles. The lowest BCUT2D eigenvalue weighted by atomic mass is 10.2. The van der Waals surface area contributed by atoms with Gasteiger partial charge in [0.15, 0.2) is 0 Å². The van der Waals surface area contributed by atoms with Crippen LogP contribution in [0.3, 0.4) is 0 Å². The Kier molecular flexibility index (Phi) is 12.1. The zero-order valence-corrected chi connectivity index (χ0v) is 10.9. The molecule has 0 saturated heterocycles. The molecule has 0 aliphatic heterocycles. The van der Waals surface area contributed by atoms with E-state index >= 15 is 0 Å². The van der Waals surface area contributed by atoms with E-state index in [-0.39, 0.29) is 5.97 Å². The maximum absolute atomic E-state index is 10.8. The van der Waals surface area contributed by atoms with Crippen LogP contribution >= 0.6 is 0 Å². The van der Waals surface area contributed by atoms with Gasteiger partial charge in [-0.15, -0.1) is 0 Å². The molecule has 0 bridgehead atoms. The van der Waals surface area contributed by atoms with Gasteiger partial charge in [-0.2, -0.15) is 0 Å². The summed E-state index contributed by atoms with van der Waals surface area (Å²) in [5.41, 5.74) is 0. The first kappa shape index (κ1) is 15.4. The predicted molar refractivity (Wildman–Crippen MR) is 67.5 cm³/mol. The summed E-state index contributed by atoms with van der Waals surface area (Å²) in [6.07, 6.45) is 9.05. The lowest BCUT2D eigenvalue weighted by molar-refractivity contribution is -0.140. The molecule has 0 radical (unpaired) electrons. The monoisotopic (exact) mass is 229 g/mol. The van der Waals surface area contributed by atoms with Crippen molar-refractivity contribution in [2.24, 2.45) is 0 Å². The molecule has 0 spiro atoms. The van der Waals surface area contributed by atoms with Crippen LogP contribution in [0.4, 0.5) is 0 Å². The molecule has 0 amide bonds. The van der Waals surface area contributed by atoms with E-state index in [0.29, 0.717) is 6.42 Å². The molecule has 0 atom stereocenters. The van der Waals surface area contributed by atoms with Crippen LogP contribution < -0.4 is 5.32 Å². The smallest absolute Gasteiger partial charge is 0.305 e. The molecule has 3 heteroatoms. The molecule has 0 aliphatic rings. The first-order valence-electron chi connectivity index (χ1n) is 6.58. The summed E-state index contributed by atoms with van der Waals surface area (Å²) >= 11 is 0. The normalized spacial score (nSPS) is 10.4. The van der Waals surface area contributed by atoms with Crippen molar-refractivity contribution >= 4 is 5.97 Å². The lowest BCUT2D eigenvalue weighted by Crippen LogP contribution is -2.16. The summed E-state index contributed by atoms with van der Waals surface area (Å²) < 4.78 is 4.58. The van der Waals surface area contributed by atoms with Crippen molar-refractivity contribution < 1.29 is 9.53 Å². The quantitative estimate of drug-likeness (QED) is 0.437. The third-order valence-electron chi connectivity index (χ3n) is 2.67. The van der Waals surface area contributed by atoms with Crippen molar-refractivity contribution in [3.8, 4) is 0 Å². The second kappa shape index (κ2) is 12.5. The maximum atomic E-state index is 10.8. The lowest BCUT2D eigenvalue weighted by Gasteiger charge is -2.04. The van der Waals surface area contributed by atoms with Crippen molar-refractivity contribution in [2.45, 2.75) is 58.3 Å².